The largest absolute Gasteiger partial charge is 0.497 e. The Hall–Kier alpha value is -2.75. The van der Waals surface area contributed by atoms with E-state index in [2.05, 4.69) is 0 Å². The second kappa shape index (κ2) is 7.68. The topological polar surface area (TPSA) is 38.8 Å². The van der Waals surface area contributed by atoms with E-state index in [0.717, 1.165) is 28.7 Å². The summed E-state index contributed by atoms with van der Waals surface area (Å²) >= 11 is 0. The Bertz CT molecular complexity index is 746. The van der Waals surface area contributed by atoms with Crippen molar-refractivity contribution >= 4 is 17.5 Å². The summed E-state index contributed by atoms with van der Waals surface area (Å²) in [7, 11) is 7.22. The smallest absolute Gasteiger partial charge is 0.146 e. The number of allylic oxidation sites excluding steroid dienone is 1. The first kappa shape index (κ1) is 17.6. The Labute approximate surface area is 143 Å². The second-order valence-electron chi connectivity index (χ2n) is 5.68. The first-order valence-corrected chi connectivity index (χ1v) is 7.68. The molecule has 126 valence electrons. The van der Waals surface area contributed by atoms with E-state index in [4.69, 9.17) is 9.47 Å². The van der Waals surface area contributed by atoms with Crippen molar-refractivity contribution in [3.63, 3.8) is 0 Å². The molecule has 0 atom stereocenters. The van der Waals surface area contributed by atoms with Gasteiger partial charge in [0.25, 0.3) is 0 Å². The Morgan fingerprint density at radius 1 is 1.00 bits per heavy atom. The lowest BCUT2D eigenvalue weighted by molar-refractivity contribution is -0.104. The molecule has 0 radical (unpaired) electrons. The lowest BCUT2D eigenvalue weighted by atomic mass is 9.93. The number of benzene rings is 2. The molecule has 0 aliphatic heterocycles. The maximum atomic E-state index is 11.5. The Balaban J connectivity index is 2.65. The van der Waals surface area contributed by atoms with Crippen molar-refractivity contribution in [2.24, 2.45) is 0 Å². The van der Waals surface area contributed by atoms with Gasteiger partial charge in [0.15, 0.2) is 0 Å². The fraction of sp³-hybridized carbons (Fsp3) is 0.250. The lowest BCUT2D eigenvalue weighted by Crippen LogP contribution is -2.08. The molecule has 0 aliphatic rings. The second-order valence-corrected chi connectivity index (χ2v) is 5.68. The number of anilines is 1. The van der Waals surface area contributed by atoms with Crippen molar-refractivity contribution in [2.75, 3.05) is 33.2 Å². The number of hydrogen-bond acceptors (Lipinski definition) is 4. The van der Waals surface area contributed by atoms with Gasteiger partial charge in [0.2, 0.25) is 0 Å². The summed E-state index contributed by atoms with van der Waals surface area (Å²) in [6.07, 6.45) is 0.869. The van der Waals surface area contributed by atoms with Gasteiger partial charge >= 0.3 is 0 Å². The van der Waals surface area contributed by atoms with Crippen LogP contribution < -0.4 is 14.4 Å². The van der Waals surface area contributed by atoms with Crippen LogP contribution >= 0.6 is 0 Å². The summed E-state index contributed by atoms with van der Waals surface area (Å²) in [4.78, 5) is 13.5. The van der Waals surface area contributed by atoms with Crippen LogP contribution in [0.15, 0.2) is 48.0 Å². The van der Waals surface area contributed by atoms with E-state index in [1.807, 2.05) is 61.5 Å². The van der Waals surface area contributed by atoms with Crippen molar-refractivity contribution in [2.45, 2.75) is 6.92 Å². The number of nitrogens with zero attached hydrogens (tertiary/aromatic N) is 1. The molecule has 0 spiro atoms. The molecule has 0 unspecified atom stereocenters. The van der Waals surface area contributed by atoms with Gasteiger partial charge in [0.05, 0.1) is 14.2 Å². The van der Waals surface area contributed by atoms with Gasteiger partial charge in [-0.1, -0.05) is 12.1 Å². The number of hydrogen-bond donors (Lipinski definition) is 0. The first-order valence-electron chi connectivity index (χ1n) is 7.68. The molecule has 4 heteroatoms. The van der Waals surface area contributed by atoms with Crippen LogP contribution in [0.2, 0.25) is 0 Å². The predicted octanol–water partition coefficient (Wildman–Crippen LogP) is 3.79. The Morgan fingerprint density at radius 2 is 1.67 bits per heavy atom. The van der Waals surface area contributed by atoms with Crippen molar-refractivity contribution < 1.29 is 14.3 Å². The highest BCUT2D eigenvalue weighted by Gasteiger charge is 2.15. The van der Waals surface area contributed by atoms with Gasteiger partial charge in [-0.25, -0.2) is 0 Å². The average Bonchev–Trinajstić information content (AvgIpc) is 2.62. The van der Waals surface area contributed by atoms with Crippen LogP contribution in [0.4, 0.5) is 5.69 Å². The minimum absolute atomic E-state index is 0.638. The van der Waals surface area contributed by atoms with E-state index in [-0.39, 0.29) is 0 Å². The number of aldehydes is 1. The molecule has 0 saturated carbocycles. The molecular weight excluding hydrogens is 302 g/mol. The van der Waals surface area contributed by atoms with E-state index in [1.54, 1.807) is 21.1 Å². The number of rotatable bonds is 6. The zero-order chi connectivity index (χ0) is 17.7. The Kier molecular flexibility index (Phi) is 5.64. The molecule has 0 N–H and O–H groups in total. The maximum Gasteiger partial charge on any atom is 0.146 e. The molecule has 0 aromatic heterocycles. The van der Waals surface area contributed by atoms with E-state index in [1.165, 1.54) is 0 Å². The number of carbonyl (C=O) groups is 1. The number of carbonyl (C=O) groups excluding carboxylic acids is 1. The maximum absolute atomic E-state index is 11.5. The molecule has 24 heavy (non-hydrogen) atoms. The van der Waals surface area contributed by atoms with Crippen LogP contribution in [0, 0.1) is 0 Å². The first-order chi connectivity index (χ1) is 11.5. The standard InChI is InChI=1S/C20H23NO3/c1-14(13-22)20(15-6-8-16(9-7-15)21(2)3)18-12-17(23-4)10-11-19(18)24-5/h6-13H,1-5H3. The van der Waals surface area contributed by atoms with Crippen LogP contribution in [0.5, 0.6) is 11.5 Å². The van der Waals surface area contributed by atoms with Gasteiger partial charge in [-0.3, -0.25) is 4.79 Å². The monoisotopic (exact) mass is 325 g/mol. The molecule has 0 amide bonds. The summed E-state index contributed by atoms with van der Waals surface area (Å²) < 4.78 is 10.8. The highest BCUT2D eigenvalue weighted by Crippen LogP contribution is 2.36. The number of methoxy groups -OCH3 is 2. The fourth-order valence-corrected chi connectivity index (χ4v) is 2.59. The molecule has 2 rings (SSSR count). The normalized spacial score (nSPS) is 11.5. The zero-order valence-corrected chi connectivity index (χ0v) is 14.8. The molecule has 0 bridgehead atoms. The van der Waals surface area contributed by atoms with Crippen LogP contribution in [0.3, 0.4) is 0 Å². The van der Waals surface area contributed by atoms with Crippen molar-refractivity contribution in [1.29, 1.82) is 0 Å². The third-order valence-electron chi connectivity index (χ3n) is 3.92. The van der Waals surface area contributed by atoms with E-state index in [9.17, 15) is 4.79 Å². The van der Waals surface area contributed by atoms with Crippen molar-refractivity contribution in [3.8, 4) is 11.5 Å². The predicted molar refractivity (Wildman–Crippen MR) is 98.1 cm³/mol. The van der Waals surface area contributed by atoms with Crippen molar-refractivity contribution in [1.82, 2.24) is 0 Å². The molecule has 4 nitrogen and oxygen atoms in total. The molecule has 2 aromatic carbocycles. The van der Waals surface area contributed by atoms with Crippen LogP contribution in [-0.2, 0) is 4.79 Å². The molecular formula is C20H23NO3. The van der Waals surface area contributed by atoms with Gasteiger partial charge in [0.1, 0.15) is 17.8 Å². The van der Waals surface area contributed by atoms with E-state index in [0.29, 0.717) is 17.1 Å². The lowest BCUT2D eigenvalue weighted by Gasteiger charge is -2.17. The van der Waals surface area contributed by atoms with Gasteiger partial charge in [-0.05, 0) is 54.0 Å². The third kappa shape index (κ3) is 3.59. The summed E-state index contributed by atoms with van der Waals surface area (Å²) in [6.45, 7) is 1.81. The third-order valence-corrected chi connectivity index (χ3v) is 3.92. The molecule has 0 fully saturated rings. The molecule has 0 heterocycles. The average molecular weight is 325 g/mol. The van der Waals surface area contributed by atoms with Crippen molar-refractivity contribution in [3.05, 3.63) is 59.2 Å². The molecule has 0 aliphatic carbocycles. The van der Waals surface area contributed by atoms with Gasteiger partial charge < -0.3 is 14.4 Å². The quantitative estimate of drug-likeness (QED) is 0.598. The summed E-state index contributed by atoms with van der Waals surface area (Å²) in [5.74, 6) is 1.41. The zero-order valence-electron chi connectivity index (χ0n) is 14.8. The summed E-state index contributed by atoms with van der Waals surface area (Å²) in [5, 5.41) is 0. The van der Waals surface area contributed by atoms with Gasteiger partial charge in [0, 0.05) is 25.3 Å². The molecule has 2 aromatic rings. The van der Waals surface area contributed by atoms with Gasteiger partial charge in [-0.2, -0.15) is 0 Å². The van der Waals surface area contributed by atoms with Crippen LogP contribution in [0.1, 0.15) is 18.1 Å². The fourth-order valence-electron chi connectivity index (χ4n) is 2.59. The molecule has 0 saturated heterocycles. The van der Waals surface area contributed by atoms with Crippen LogP contribution in [-0.4, -0.2) is 34.6 Å². The number of ether oxygens (including phenoxy) is 2. The summed E-state index contributed by atoms with van der Waals surface area (Å²) in [6, 6.07) is 13.7. The minimum atomic E-state index is 0.638. The Morgan fingerprint density at radius 3 is 2.17 bits per heavy atom. The van der Waals surface area contributed by atoms with E-state index >= 15 is 0 Å². The SMILES string of the molecule is COc1ccc(OC)c(C(=C(C)C=O)c2ccc(N(C)C)cc2)c1. The summed E-state index contributed by atoms with van der Waals surface area (Å²) in [5.41, 5.74) is 4.36. The highest BCUT2D eigenvalue weighted by atomic mass is 16.5. The van der Waals surface area contributed by atoms with E-state index < -0.39 is 0 Å². The van der Waals surface area contributed by atoms with Gasteiger partial charge in [-0.15, -0.1) is 0 Å². The highest BCUT2D eigenvalue weighted by molar-refractivity contribution is 5.96. The van der Waals surface area contributed by atoms with Crippen LogP contribution in [0.25, 0.3) is 5.57 Å². The minimum Gasteiger partial charge on any atom is -0.497 e.